The lowest BCUT2D eigenvalue weighted by Crippen LogP contribution is -2.41. The summed E-state index contributed by atoms with van der Waals surface area (Å²) >= 11 is 0. The summed E-state index contributed by atoms with van der Waals surface area (Å²) in [5, 5.41) is 3.40. The van der Waals surface area contributed by atoms with E-state index in [0.29, 0.717) is 0 Å². The fourth-order valence-corrected chi connectivity index (χ4v) is 2.02. The van der Waals surface area contributed by atoms with Crippen molar-refractivity contribution in [2.24, 2.45) is 11.8 Å². The Morgan fingerprint density at radius 3 is 3.10 bits per heavy atom. The molecule has 2 aliphatic heterocycles. The Balaban J connectivity index is 1.93. The lowest BCUT2D eigenvalue weighted by molar-refractivity contribution is 0.00490. The van der Waals surface area contributed by atoms with Crippen LogP contribution >= 0.6 is 0 Å². The van der Waals surface area contributed by atoms with Gasteiger partial charge in [0.2, 0.25) is 0 Å². The molecule has 58 valence electrons. The van der Waals surface area contributed by atoms with Crippen LogP contribution in [0.1, 0.15) is 12.8 Å². The van der Waals surface area contributed by atoms with Gasteiger partial charge in [0.25, 0.3) is 0 Å². The fourth-order valence-electron chi connectivity index (χ4n) is 2.02. The normalized spacial score (nSPS) is 40.8. The Kier molecular flexibility index (Phi) is 1.91. The molecule has 0 aromatic heterocycles. The second-order valence-corrected chi connectivity index (χ2v) is 3.38. The number of hydrogen-bond acceptors (Lipinski definition) is 2. The molecule has 2 heterocycles. The summed E-state index contributed by atoms with van der Waals surface area (Å²) < 4.78 is 5.40. The maximum atomic E-state index is 5.40. The van der Waals surface area contributed by atoms with Crippen LogP contribution in [-0.4, -0.2) is 26.3 Å². The number of rotatable bonds is 0. The van der Waals surface area contributed by atoms with Crippen LogP contribution in [0, 0.1) is 11.8 Å². The van der Waals surface area contributed by atoms with Crippen LogP contribution in [0.4, 0.5) is 0 Å². The van der Waals surface area contributed by atoms with E-state index in [-0.39, 0.29) is 0 Å². The van der Waals surface area contributed by atoms with Gasteiger partial charge in [-0.05, 0) is 31.2 Å². The van der Waals surface area contributed by atoms with E-state index in [0.717, 1.165) is 25.0 Å². The number of hydrogen-bond donors (Lipinski definition) is 1. The standard InChI is InChI=1S/C8H15NO/c1-3-9-5-8-6-10-4-2-7(1)8/h7-9H,1-6H2. The summed E-state index contributed by atoms with van der Waals surface area (Å²) in [6, 6.07) is 0. The minimum Gasteiger partial charge on any atom is -0.381 e. The molecule has 2 fully saturated rings. The van der Waals surface area contributed by atoms with Crippen LogP contribution in [0.5, 0.6) is 0 Å². The molecule has 0 spiro atoms. The molecule has 2 nitrogen and oxygen atoms in total. The van der Waals surface area contributed by atoms with E-state index in [1.54, 1.807) is 0 Å². The third kappa shape index (κ3) is 1.18. The Hall–Kier alpha value is -0.0800. The molecule has 2 saturated heterocycles. The number of fused-ring (bicyclic) bond motifs is 1. The van der Waals surface area contributed by atoms with E-state index in [4.69, 9.17) is 4.74 Å². The summed E-state index contributed by atoms with van der Waals surface area (Å²) in [7, 11) is 0. The highest BCUT2D eigenvalue weighted by Crippen LogP contribution is 2.26. The van der Waals surface area contributed by atoms with Crippen molar-refractivity contribution in [2.45, 2.75) is 12.8 Å². The van der Waals surface area contributed by atoms with Gasteiger partial charge in [-0.1, -0.05) is 0 Å². The van der Waals surface area contributed by atoms with Crippen molar-refractivity contribution in [2.75, 3.05) is 26.3 Å². The van der Waals surface area contributed by atoms with Crippen molar-refractivity contribution in [3.63, 3.8) is 0 Å². The van der Waals surface area contributed by atoms with Crippen LogP contribution < -0.4 is 5.32 Å². The first-order valence-electron chi connectivity index (χ1n) is 4.25. The first kappa shape index (κ1) is 6.62. The summed E-state index contributed by atoms with van der Waals surface area (Å²) in [5.74, 6) is 1.79. The van der Waals surface area contributed by atoms with Gasteiger partial charge in [-0.3, -0.25) is 0 Å². The second-order valence-electron chi connectivity index (χ2n) is 3.38. The third-order valence-corrected chi connectivity index (χ3v) is 2.73. The highest BCUT2D eigenvalue weighted by atomic mass is 16.5. The molecular weight excluding hydrogens is 126 g/mol. The predicted molar refractivity (Wildman–Crippen MR) is 39.9 cm³/mol. The molecule has 0 saturated carbocycles. The van der Waals surface area contributed by atoms with E-state index in [9.17, 15) is 0 Å². The summed E-state index contributed by atoms with van der Waals surface area (Å²) in [4.78, 5) is 0. The second kappa shape index (κ2) is 2.89. The molecule has 1 N–H and O–H groups in total. The quantitative estimate of drug-likeness (QED) is 0.534. The molecule has 2 heteroatoms. The van der Waals surface area contributed by atoms with Crippen molar-refractivity contribution < 1.29 is 4.74 Å². The van der Waals surface area contributed by atoms with Gasteiger partial charge in [0, 0.05) is 13.2 Å². The van der Waals surface area contributed by atoms with Gasteiger partial charge in [-0.2, -0.15) is 0 Å². The summed E-state index contributed by atoms with van der Waals surface area (Å²) in [6.45, 7) is 4.41. The van der Waals surface area contributed by atoms with Gasteiger partial charge < -0.3 is 10.1 Å². The van der Waals surface area contributed by atoms with E-state index >= 15 is 0 Å². The van der Waals surface area contributed by atoms with Gasteiger partial charge in [0.05, 0.1) is 6.61 Å². The van der Waals surface area contributed by atoms with Gasteiger partial charge in [-0.15, -0.1) is 0 Å². The highest BCUT2D eigenvalue weighted by Gasteiger charge is 2.27. The zero-order valence-corrected chi connectivity index (χ0v) is 6.31. The molecule has 0 radical (unpaired) electrons. The Morgan fingerprint density at radius 2 is 2.20 bits per heavy atom. The largest absolute Gasteiger partial charge is 0.381 e. The third-order valence-electron chi connectivity index (χ3n) is 2.73. The maximum Gasteiger partial charge on any atom is 0.0509 e. The smallest absolute Gasteiger partial charge is 0.0509 e. The van der Waals surface area contributed by atoms with Crippen LogP contribution in [0.2, 0.25) is 0 Å². The van der Waals surface area contributed by atoms with Crippen LogP contribution in [-0.2, 0) is 4.74 Å². The summed E-state index contributed by atoms with van der Waals surface area (Å²) in [5.41, 5.74) is 0. The van der Waals surface area contributed by atoms with E-state index in [2.05, 4.69) is 5.32 Å². The molecule has 0 aromatic carbocycles. The Morgan fingerprint density at radius 1 is 1.20 bits per heavy atom. The molecule has 2 aliphatic rings. The zero-order valence-electron chi connectivity index (χ0n) is 6.31. The predicted octanol–water partition coefficient (Wildman–Crippen LogP) is 0.632. The molecule has 0 aliphatic carbocycles. The average molecular weight is 141 g/mol. The Labute approximate surface area is 61.9 Å². The molecule has 0 amide bonds. The van der Waals surface area contributed by atoms with Gasteiger partial charge in [-0.25, -0.2) is 0 Å². The van der Waals surface area contributed by atoms with Crippen molar-refractivity contribution in [3.8, 4) is 0 Å². The van der Waals surface area contributed by atoms with Gasteiger partial charge >= 0.3 is 0 Å². The van der Waals surface area contributed by atoms with Gasteiger partial charge in [0.15, 0.2) is 0 Å². The van der Waals surface area contributed by atoms with Gasteiger partial charge in [0.1, 0.15) is 0 Å². The van der Waals surface area contributed by atoms with Crippen molar-refractivity contribution in [3.05, 3.63) is 0 Å². The monoisotopic (exact) mass is 141 g/mol. The van der Waals surface area contributed by atoms with Crippen molar-refractivity contribution in [1.29, 1.82) is 0 Å². The molecule has 0 bridgehead atoms. The molecule has 2 unspecified atom stereocenters. The molecule has 10 heavy (non-hydrogen) atoms. The van der Waals surface area contributed by atoms with Crippen molar-refractivity contribution >= 4 is 0 Å². The zero-order chi connectivity index (χ0) is 6.81. The minimum absolute atomic E-state index is 0.822. The fraction of sp³-hybridized carbons (Fsp3) is 1.00. The first-order valence-corrected chi connectivity index (χ1v) is 4.25. The number of piperidine rings is 1. The SMILES string of the molecule is C1CC2CCOCC2CN1. The van der Waals surface area contributed by atoms with E-state index in [1.807, 2.05) is 0 Å². The van der Waals surface area contributed by atoms with Crippen LogP contribution in [0.15, 0.2) is 0 Å². The Bertz CT molecular complexity index is 89.8. The maximum absolute atomic E-state index is 5.40. The lowest BCUT2D eigenvalue weighted by atomic mass is 9.83. The molecule has 0 aromatic rings. The van der Waals surface area contributed by atoms with Crippen LogP contribution in [0.25, 0.3) is 0 Å². The molecule has 2 atom stereocenters. The van der Waals surface area contributed by atoms with E-state index < -0.39 is 0 Å². The van der Waals surface area contributed by atoms with E-state index in [1.165, 1.54) is 25.9 Å². The molecule has 2 rings (SSSR count). The number of ether oxygens (including phenoxy) is 1. The van der Waals surface area contributed by atoms with Crippen molar-refractivity contribution in [1.82, 2.24) is 5.32 Å². The number of nitrogens with one attached hydrogen (secondary N) is 1. The topological polar surface area (TPSA) is 21.3 Å². The lowest BCUT2D eigenvalue weighted by Gasteiger charge is -2.35. The highest BCUT2D eigenvalue weighted by molar-refractivity contribution is 4.80. The average Bonchev–Trinajstić information content (AvgIpc) is 2.05. The van der Waals surface area contributed by atoms with Crippen LogP contribution in [0.3, 0.4) is 0 Å². The first-order chi connectivity index (χ1) is 4.97. The molecular formula is C8H15NO. The minimum atomic E-state index is 0.822. The summed E-state index contributed by atoms with van der Waals surface area (Å²) in [6.07, 6.45) is 2.67.